The number of para-hydroxylation sites is 1. The summed E-state index contributed by atoms with van der Waals surface area (Å²) >= 11 is 6.12. The third-order valence-electron chi connectivity index (χ3n) is 5.03. The summed E-state index contributed by atoms with van der Waals surface area (Å²) in [5, 5.41) is 0.591. The van der Waals surface area contributed by atoms with E-state index in [1.54, 1.807) is 6.07 Å². The Labute approximate surface area is 170 Å². The number of carbonyl (C=O) groups excluding carboxylic acids is 1. The number of amides is 1. The third kappa shape index (κ3) is 3.90. The summed E-state index contributed by atoms with van der Waals surface area (Å²) in [6, 6.07) is 21.3. The first-order valence-corrected chi connectivity index (χ1v) is 9.87. The van der Waals surface area contributed by atoms with Crippen molar-refractivity contribution < 1.29 is 9.53 Å². The van der Waals surface area contributed by atoms with Gasteiger partial charge in [-0.1, -0.05) is 53.6 Å². The number of hydrogen-bond donors (Lipinski definition) is 0. The maximum Gasteiger partial charge on any atom is 0.258 e. The monoisotopic (exact) mass is 391 g/mol. The highest BCUT2D eigenvalue weighted by Crippen LogP contribution is 2.29. The summed E-state index contributed by atoms with van der Waals surface area (Å²) in [6.07, 6.45) is 2.02. The minimum atomic E-state index is 0.0448. The fourth-order valence-corrected chi connectivity index (χ4v) is 3.75. The third-order valence-corrected chi connectivity index (χ3v) is 5.34. The highest BCUT2D eigenvalue weighted by atomic mass is 35.5. The Morgan fingerprint density at radius 1 is 1.07 bits per heavy atom. The Kier molecular flexibility index (Phi) is 5.36. The quantitative estimate of drug-likeness (QED) is 0.560. The number of aryl methyl sites for hydroxylation is 2. The van der Waals surface area contributed by atoms with E-state index in [2.05, 4.69) is 25.1 Å². The van der Waals surface area contributed by atoms with E-state index in [-0.39, 0.29) is 5.91 Å². The predicted molar refractivity (Wildman–Crippen MR) is 113 cm³/mol. The number of nitrogens with zero attached hydrogens (tertiary/aromatic N) is 1. The van der Waals surface area contributed by atoms with Crippen molar-refractivity contribution in [2.45, 2.75) is 26.4 Å². The van der Waals surface area contributed by atoms with Gasteiger partial charge in [-0.2, -0.15) is 0 Å². The molecule has 0 N–H and O–H groups in total. The Hall–Kier alpha value is -2.78. The Bertz CT molecular complexity index is 998. The smallest absolute Gasteiger partial charge is 0.258 e. The zero-order valence-corrected chi connectivity index (χ0v) is 16.6. The molecule has 0 unspecified atom stereocenters. The lowest BCUT2D eigenvalue weighted by atomic mass is 9.98. The summed E-state index contributed by atoms with van der Waals surface area (Å²) in [5.41, 5.74) is 5.20. The second-order valence-corrected chi connectivity index (χ2v) is 7.52. The maximum absolute atomic E-state index is 13.1. The van der Waals surface area contributed by atoms with Crippen LogP contribution < -0.4 is 9.64 Å². The van der Waals surface area contributed by atoms with Crippen molar-refractivity contribution in [1.82, 2.24) is 0 Å². The molecule has 1 heterocycles. The summed E-state index contributed by atoms with van der Waals surface area (Å²) in [5.74, 6) is 0.702. The van der Waals surface area contributed by atoms with E-state index < -0.39 is 0 Å². The fraction of sp³-hybridized carbons (Fsp3) is 0.208. The summed E-state index contributed by atoms with van der Waals surface area (Å²) in [7, 11) is 0. The van der Waals surface area contributed by atoms with Crippen molar-refractivity contribution in [2.75, 3.05) is 11.4 Å². The van der Waals surface area contributed by atoms with Crippen LogP contribution >= 0.6 is 11.6 Å². The van der Waals surface area contributed by atoms with E-state index >= 15 is 0 Å². The molecule has 3 aromatic rings. The largest absolute Gasteiger partial charge is 0.487 e. The van der Waals surface area contributed by atoms with Gasteiger partial charge < -0.3 is 9.64 Å². The van der Waals surface area contributed by atoms with Crippen LogP contribution in [0.15, 0.2) is 66.7 Å². The van der Waals surface area contributed by atoms with Crippen molar-refractivity contribution in [1.29, 1.82) is 0 Å². The van der Waals surface area contributed by atoms with E-state index in [4.69, 9.17) is 16.3 Å². The number of fused-ring (bicyclic) bond motifs is 1. The molecule has 0 fully saturated rings. The number of benzene rings is 3. The molecule has 3 aromatic carbocycles. The molecule has 4 heteroatoms. The highest BCUT2D eigenvalue weighted by molar-refractivity contribution is 6.32. The van der Waals surface area contributed by atoms with Crippen LogP contribution in [0, 0.1) is 6.92 Å². The number of hydrogen-bond acceptors (Lipinski definition) is 2. The average Bonchev–Trinajstić information content (AvgIpc) is 2.72. The number of rotatable bonds is 4. The maximum atomic E-state index is 13.1. The number of anilines is 1. The molecule has 3 nitrogen and oxygen atoms in total. The molecule has 0 bridgehead atoms. The first-order chi connectivity index (χ1) is 13.6. The van der Waals surface area contributed by atoms with Gasteiger partial charge in [0.25, 0.3) is 5.91 Å². The molecule has 4 rings (SSSR count). The van der Waals surface area contributed by atoms with Crippen molar-refractivity contribution >= 4 is 23.2 Å². The lowest BCUT2D eigenvalue weighted by Crippen LogP contribution is -2.35. The van der Waals surface area contributed by atoms with E-state index in [1.165, 1.54) is 11.1 Å². The lowest BCUT2D eigenvalue weighted by molar-refractivity contribution is 0.0985. The van der Waals surface area contributed by atoms with Crippen molar-refractivity contribution in [3.05, 3.63) is 94.0 Å². The average molecular weight is 392 g/mol. The summed E-state index contributed by atoms with van der Waals surface area (Å²) < 4.78 is 5.77. The zero-order valence-electron chi connectivity index (χ0n) is 15.8. The van der Waals surface area contributed by atoms with Gasteiger partial charge in [-0.25, -0.2) is 0 Å². The van der Waals surface area contributed by atoms with Crippen LogP contribution in [0.4, 0.5) is 5.69 Å². The van der Waals surface area contributed by atoms with E-state index in [1.807, 2.05) is 47.4 Å². The molecule has 0 atom stereocenters. The molecule has 28 heavy (non-hydrogen) atoms. The van der Waals surface area contributed by atoms with Crippen LogP contribution in [0.25, 0.3) is 0 Å². The van der Waals surface area contributed by atoms with Crippen LogP contribution in [0.3, 0.4) is 0 Å². The van der Waals surface area contributed by atoms with Crippen LogP contribution in [-0.2, 0) is 13.0 Å². The van der Waals surface area contributed by atoms with Crippen molar-refractivity contribution in [3.8, 4) is 5.75 Å². The van der Waals surface area contributed by atoms with Gasteiger partial charge in [0.2, 0.25) is 0 Å². The molecule has 0 saturated heterocycles. The second-order valence-electron chi connectivity index (χ2n) is 7.11. The van der Waals surface area contributed by atoms with Crippen LogP contribution in [-0.4, -0.2) is 12.5 Å². The fourth-order valence-electron chi connectivity index (χ4n) is 3.56. The molecule has 0 saturated carbocycles. The molecule has 1 aliphatic rings. The highest BCUT2D eigenvalue weighted by Gasteiger charge is 2.23. The molecule has 142 valence electrons. The molecule has 0 aromatic heterocycles. The number of carbonyl (C=O) groups is 1. The number of halogens is 1. The molecule has 0 spiro atoms. The molecule has 1 amide bonds. The van der Waals surface area contributed by atoms with Crippen LogP contribution in [0.2, 0.25) is 5.02 Å². The van der Waals surface area contributed by atoms with Gasteiger partial charge in [-0.15, -0.1) is 0 Å². The second kappa shape index (κ2) is 8.07. The van der Waals surface area contributed by atoms with Gasteiger partial charge in [0.1, 0.15) is 12.4 Å². The molecular weight excluding hydrogens is 370 g/mol. The molecule has 0 aliphatic carbocycles. The Morgan fingerprint density at radius 2 is 1.86 bits per heavy atom. The topological polar surface area (TPSA) is 29.5 Å². The number of ether oxygens (including phenoxy) is 1. The zero-order chi connectivity index (χ0) is 19.5. The van der Waals surface area contributed by atoms with E-state index in [9.17, 15) is 4.79 Å². The van der Waals surface area contributed by atoms with E-state index in [0.717, 1.165) is 30.6 Å². The lowest BCUT2D eigenvalue weighted by Gasteiger charge is -2.30. The van der Waals surface area contributed by atoms with Gasteiger partial charge in [0.15, 0.2) is 0 Å². The standard InChI is InChI=1S/C24H22ClNO2/c1-17-8-13-22-20(15-17)5-4-14-26(22)24(27)19-11-9-18(10-12-19)16-28-23-7-3-2-6-21(23)25/h2-3,6-13,15H,4-5,14,16H2,1H3. The van der Waals surface area contributed by atoms with Crippen molar-refractivity contribution in [3.63, 3.8) is 0 Å². The summed E-state index contributed by atoms with van der Waals surface area (Å²) in [4.78, 5) is 15.0. The van der Waals surface area contributed by atoms with Crippen LogP contribution in [0.5, 0.6) is 5.75 Å². The molecule has 0 radical (unpaired) electrons. The molecular formula is C24H22ClNO2. The molecule has 1 aliphatic heterocycles. The first kappa shape index (κ1) is 18.6. The van der Waals surface area contributed by atoms with Gasteiger partial charge in [0.05, 0.1) is 5.02 Å². The minimum absolute atomic E-state index is 0.0448. The van der Waals surface area contributed by atoms with Gasteiger partial charge >= 0.3 is 0 Å². The normalized spacial score (nSPS) is 13.1. The predicted octanol–water partition coefficient (Wildman–Crippen LogP) is 5.82. The summed E-state index contributed by atoms with van der Waals surface area (Å²) in [6.45, 7) is 3.25. The SMILES string of the molecule is Cc1ccc2c(c1)CCCN2C(=O)c1ccc(COc2ccccc2Cl)cc1. The van der Waals surface area contributed by atoms with Gasteiger partial charge in [0, 0.05) is 17.8 Å². The minimum Gasteiger partial charge on any atom is -0.487 e. The first-order valence-electron chi connectivity index (χ1n) is 9.49. The Morgan fingerprint density at radius 3 is 2.64 bits per heavy atom. The van der Waals surface area contributed by atoms with Gasteiger partial charge in [-0.3, -0.25) is 4.79 Å². The van der Waals surface area contributed by atoms with Crippen molar-refractivity contribution in [2.24, 2.45) is 0 Å². The van der Waals surface area contributed by atoms with E-state index in [0.29, 0.717) is 22.9 Å². The Balaban J connectivity index is 1.47. The van der Waals surface area contributed by atoms with Crippen LogP contribution in [0.1, 0.15) is 33.5 Å². The van der Waals surface area contributed by atoms with Gasteiger partial charge in [-0.05, 0) is 61.2 Å².